The summed E-state index contributed by atoms with van der Waals surface area (Å²) in [5.41, 5.74) is 2.11. The van der Waals surface area contributed by atoms with E-state index in [9.17, 15) is 4.79 Å². The summed E-state index contributed by atoms with van der Waals surface area (Å²) in [5.74, 6) is 3.35. The third-order valence-corrected chi connectivity index (χ3v) is 7.16. The van der Waals surface area contributed by atoms with Crippen molar-refractivity contribution in [1.82, 2.24) is 20.9 Å². The smallest absolute Gasteiger partial charge is 0.251 e. The number of guanidine groups is 1. The first-order valence-corrected chi connectivity index (χ1v) is 12.5. The van der Waals surface area contributed by atoms with E-state index in [1.807, 2.05) is 18.2 Å². The average molecular weight is 432 g/mol. The van der Waals surface area contributed by atoms with Gasteiger partial charge in [0.25, 0.3) is 5.91 Å². The molecule has 1 aliphatic heterocycles. The standard InChI is InChI=1S/C23H37N5OS/c1-3-25-22(26-12-9-19-7-6-8-20(17-19)21(29)24-2)27-18-23(10-4-5-11-23)28-13-15-30-16-14-28/h6-8,17H,3-5,9-16,18H2,1-2H3,(H,24,29)(H2,25,26,27). The van der Waals surface area contributed by atoms with E-state index in [1.165, 1.54) is 50.3 Å². The zero-order valence-electron chi connectivity index (χ0n) is 18.5. The molecule has 1 saturated heterocycles. The van der Waals surface area contributed by atoms with Gasteiger partial charge in [-0.25, -0.2) is 0 Å². The highest BCUT2D eigenvalue weighted by Gasteiger charge is 2.39. The molecule has 1 saturated carbocycles. The number of hydrogen-bond acceptors (Lipinski definition) is 4. The van der Waals surface area contributed by atoms with Crippen LogP contribution in [0.1, 0.15) is 48.5 Å². The number of amides is 1. The van der Waals surface area contributed by atoms with Crippen LogP contribution < -0.4 is 16.0 Å². The lowest BCUT2D eigenvalue weighted by atomic mass is 9.95. The highest BCUT2D eigenvalue weighted by molar-refractivity contribution is 7.99. The molecule has 3 N–H and O–H groups in total. The predicted octanol–water partition coefficient (Wildman–Crippen LogP) is 2.51. The molecule has 30 heavy (non-hydrogen) atoms. The molecule has 2 aliphatic rings. The van der Waals surface area contributed by atoms with E-state index >= 15 is 0 Å². The van der Waals surface area contributed by atoms with E-state index < -0.39 is 0 Å². The quantitative estimate of drug-likeness (QED) is 0.436. The molecule has 2 fully saturated rings. The molecule has 166 valence electrons. The van der Waals surface area contributed by atoms with Crippen LogP contribution in [0.25, 0.3) is 0 Å². The van der Waals surface area contributed by atoms with Crippen molar-refractivity contribution < 1.29 is 4.79 Å². The molecule has 1 aliphatic carbocycles. The maximum Gasteiger partial charge on any atom is 0.251 e. The molecule has 0 bridgehead atoms. The van der Waals surface area contributed by atoms with Gasteiger partial charge < -0.3 is 16.0 Å². The summed E-state index contributed by atoms with van der Waals surface area (Å²) in [6, 6.07) is 7.83. The molecule has 0 spiro atoms. The Bertz CT molecular complexity index is 711. The Balaban J connectivity index is 1.58. The number of carbonyl (C=O) groups excluding carboxylic acids is 1. The topological polar surface area (TPSA) is 68.8 Å². The van der Waals surface area contributed by atoms with Crippen LogP contribution in [0.2, 0.25) is 0 Å². The van der Waals surface area contributed by atoms with Gasteiger partial charge in [0.1, 0.15) is 0 Å². The van der Waals surface area contributed by atoms with Crippen molar-refractivity contribution in [3.05, 3.63) is 35.4 Å². The van der Waals surface area contributed by atoms with Gasteiger partial charge in [0, 0.05) is 55.8 Å². The van der Waals surface area contributed by atoms with Gasteiger partial charge in [-0.3, -0.25) is 14.7 Å². The summed E-state index contributed by atoms with van der Waals surface area (Å²) in [4.78, 5) is 19.6. The lowest BCUT2D eigenvalue weighted by Crippen LogP contribution is -2.53. The summed E-state index contributed by atoms with van der Waals surface area (Å²) in [7, 11) is 1.66. The first kappa shape index (κ1) is 22.9. The molecule has 0 atom stereocenters. The molecule has 0 radical (unpaired) electrons. The molecule has 0 unspecified atom stereocenters. The second-order valence-corrected chi connectivity index (χ2v) is 9.41. The molecule has 1 heterocycles. The highest BCUT2D eigenvalue weighted by Crippen LogP contribution is 2.37. The van der Waals surface area contributed by atoms with Crippen molar-refractivity contribution in [1.29, 1.82) is 0 Å². The van der Waals surface area contributed by atoms with E-state index in [0.717, 1.165) is 37.6 Å². The summed E-state index contributed by atoms with van der Waals surface area (Å²) >= 11 is 2.07. The predicted molar refractivity (Wildman–Crippen MR) is 128 cm³/mol. The maximum atomic E-state index is 11.8. The monoisotopic (exact) mass is 431 g/mol. The zero-order valence-corrected chi connectivity index (χ0v) is 19.3. The van der Waals surface area contributed by atoms with Gasteiger partial charge in [0.2, 0.25) is 0 Å². The van der Waals surface area contributed by atoms with Crippen LogP contribution in [-0.2, 0) is 6.42 Å². The van der Waals surface area contributed by atoms with Gasteiger partial charge in [-0.1, -0.05) is 25.0 Å². The van der Waals surface area contributed by atoms with Gasteiger partial charge in [-0.2, -0.15) is 11.8 Å². The van der Waals surface area contributed by atoms with Crippen LogP contribution in [0.3, 0.4) is 0 Å². The second kappa shape index (κ2) is 11.6. The Morgan fingerprint density at radius 1 is 1.20 bits per heavy atom. The van der Waals surface area contributed by atoms with E-state index in [4.69, 9.17) is 4.99 Å². The molecule has 1 aromatic rings. The summed E-state index contributed by atoms with van der Waals surface area (Å²) in [5, 5.41) is 9.58. The lowest BCUT2D eigenvalue weighted by molar-refractivity contribution is 0.0963. The van der Waals surface area contributed by atoms with E-state index in [2.05, 4.69) is 45.6 Å². The molecule has 7 heteroatoms. The first-order valence-electron chi connectivity index (χ1n) is 11.3. The Labute approximate surface area is 185 Å². The second-order valence-electron chi connectivity index (χ2n) is 8.18. The minimum absolute atomic E-state index is 0.0438. The fourth-order valence-electron chi connectivity index (χ4n) is 4.55. The molecule has 1 aromatic carbocycles. The average Bonchev–Trinajstić information content (AvgIpc) is 3.28. The van der Waals surface area contributed by atoms with Crippen LogP contribution in [0.15, 0.2) is 29.3 Å². The minimum Gasteiger partial charge on any atom is -0.357 e. The molecular formula is C23H37N5OS. The Morgan fingerprint density at radius 2 is 1.97 bits per heavy atom. The third kappa shape index (κ3) is 6.14. The van der Waals surface area contributed by atoms with Crippen molar-refractivity contribution in [3.63, 3.8) is 0 Å². The Morgan fingerprint density at radius 3 is 2.67 bits per heavy atom. The number of aliphatic imine (C=N–C) groups is 1. The summed E-state index contributed by atoms with van der Waals surface area (Å²) in [6.45, 7) is 7.02. The van der Waals surface area contributed by atoms with Crippen LogP contribution in [0.5, 0.6) is 0 Å². The molecule has 3 rings (SSSR count). The number of thioether (sulfide) groups is 1. The van der Waals surface area contributed by atoms with Crippen molar-refractivity contribution in [3.8, 4) is 0 Å². The fourth-order valence-corrected chi connectivity index (χ4v) is 5.45. The van der Waals surface area contributed by atoms with Gasteiger partial charge in [0.15, 0.2) is 5.96 Å². The van der Waals surface area contributed by atoms with Crippen molar-refractivity contribution in [2.75, 3.05) is 51.3 Å². The zero-order chi connectivity index (χ0) is 21.2. The number of nitrogens with zero attached hydrogens (tertiary/aromatic N) is 2. The molecular weight excluding hydrogens is 394 g/mol. The Hall–Kier alpha value is -1.73. The van der Waals surface area contributed by atoms with Gasteiger partial charge in [-0.15, -0.1) is 0 Å². The minimum atomic E-state index is -0.0438. The molecule has 6 nitrogen and oxygen atoms in total. The van der Waals surface area contributed by atoms with Gasteiger partial charge in [0.05, 0.1) is 6.54 Å². The number of nitrogens with one attached hydrogen (secondary N) is 3. The highest BCUT2D eigenvalue weighted by atomic mass is 32.2. The van der Waals surface area contributed by atoms with Crippen molar-refractivity contribution in [2.24, 2.45) is 4.99 Å². The molecule has 1 amide bonds. The lowest BCUT2D eigenvalue weighted by Gasteiger charge is -2.42. The number of carbonyl (C=O) groups is 1. The summed E-state index contributed by atoms with van der Waals surface area (Å²) < 4.78 is 0. The first-order chi connectivity index (χ1) is 14.7. The fraction of sp³-hybridized carbons (Fsp3) is 0.652. The SMILES string of the molecule is CCNC(=NCC1(N2CCSCC2)CCCC1)NCCc1cccc(C(=O)NC)c1. The number of hydrogen-bond donors (Lipinski definition) is 3. The van der Waals surface area contributed by atoms with Crippen molar-refractivity contribution in [2.45, 2.75) is 44.6 Å². The molecule has 0 aromatic heterocycles. The van der Waals surface area contributed by atoms with Crippen molar-refractivity contribution >= 4 is 23.6 Å². The maximum absolute atomic E-state index is 11.8. The third-order valence-electron chi connectivity index (χ3n) is 6.21. The van der Waals surface area contributed by atoms with Crippen LogP contribution in [0.4, 0.5) is 0 Å². The number of rotatable bonds is 8. The normalized spacial score (nSPS) is 19.5. The summed E-state index contributed by atoms with van der Waals surface area (Å²) in [6.07, 6.45) is 6.04. The Kier molecular flexibility index (Phi) is 8.88. The van der Waals surface area contributed by atoms with Gasteiger partial charge in [-0.05, 0) is 43.9 Å². The van der Waals surface area contributed by atoms with E-state index in [0.29, 0.717) is 5.56 Å². The largest absolute Gasteiger partial charge is 0.357 e. The van der Waals surface area contributed by atoms with Gasteiger partial charge >= 0.3 is 0 Å². The van der Waals surface area contributed by atoms with E-state index in [-0.39, 0.29) is 11.4 Å². The van der Waals surface area contributed by atoms with Crippen LogP contribution in [0, 0.1) is 0 Å². The van der Waals surface area contributed by atoms with E-state index in [1.54, 1.807) is 7.05 Å². The number of benzene rings is 1. The van der Waals surface area contributed by atoms with Crippen LogP contribution >= 0.6 is 11.8 Å². The van der Waals surface area contributed by atoms with Crippen LogP contribution in [-0.4, -0.2) is 73.6 Å².